The molecule has 0 aromatic heterocycles. The van der Waals surface area contributed by atoms with Crippen LogP contribution in [0.15, 0.2) is 18.2 Å². The second-order valence-electron chi connectivity index (χ2n) is 2.80. The number of ether oxygens (including phenoxy) is 1. The van der Waals surface area contributed by atoms with Crippen molar-refractivity contribution in [3.05, 3.63) is 21.8 Å². The number of hydrogen-bond acceptors (Lipinski definition) is 2. The molecule has 0 saturated heterocycles. The van der Waals surface area contributed by atoms with E-state index in [9.17, 15) is 18.0 Å². The molecule has 0 radical (unpaired) electrons. The van der Waals surface area contributed by atoms with E-state index in [0.29, 0.717) is 9.32 Å². The minimum Gasteiger partial charge on any atom is -0.496 e. The molecule has 1 amide bonds. The van der Waals surface area contributed by atoms with Gasteiger partial charge in [-0.15, -0.1) is 0 Å². The van der Waals surface area contributed by atoms with Crippen LogP contribution in [0.5, 0.6) is 5.75 Å². The molecule has 1 aromatic carbocycles. The fourth-order valence-corrected chi connectivity index (χ4v) is 1.68. The van der Waals surface area contributed by atoms with Crippen LogP contribution in [-0.2, 0) is 4.79 Å². The van der Waals surface area contributed by atoms with Gasteiger partial charge in [0, 0.05) is 5.69 Å². The van der Waals surface area contributed by atoms with Gasteiger partial charge in [-0.05, 0) is 40.8 Å². The molecular formula is C9H7F3INO2. The number of carbonyl (C=O) groups excluding carboxylic acids is 1. The van der Waals surface area contributed by atoms with E-state index in [4.69, 9.17) is 4.74 Å². The highest BCUT2D eigenvalue weighted by Crippen LogP contribution is 2.25. The summed E-state index contributed by atoms with van der Waals surface area (Å²) >= 11 is 1.90. The number of halogens is 4. The maximum absolute atomic E-state index is 11.9. The summed E-state index contributed by atoms with van der Waals surface area (Å²) < 4.78 is 41.4. The van der Waals surface area contributed by atoms with Gasteiger partial charge in [0.25, 0.3) is 0 Å². The monoisotopic (exact) mass is 345 g/mol. The van der Waals surface area contributed by atoms with E-state index >= 15 is 0 Å². The van der Waals surface area contributed by atoms with Crippen molar-refractivity contribution in [1.29, 1.82) is 0 Å². The summed E-state index contributed by atoms with van der Waals surface area (Å²) in [5.74, 6) is -1.46. The molecule has 0 spiro atoms. The lowest BCUT2D eigenvalue weighted by atomic mass is 10.3. The third-order valence-electron chi connectivity index (χ3n) is 1.67. The van der Waals surface area contributed by atoms with Crippen LogP contribution in [0.3, 0.4) is 0 Å². The Morgan fingerprint density at radius 1 is 1.44 bits per heavy atom. The number of methoxy groups -OCH3 is 1. The summed E-state index contributed by atoms with van der Waals surface area (Å²) in [6.07, 6.45) is -4.88. The molecule has 0 aliphatic rings. The number of rotatable bonds is 2. The minimum atomic E-state index is -4.88. The molecule has 0 saturated carbocycles. The van der Waals surface area contributed by atoms with E-state index in [1.54, 1.807) is 5.32 Å². The van der Waals surface area contributed by atoms with Crippen LogP contribution in [0.4, 0.5) is 18.9 Å². The van der Waals surface area contributed by atoms with E-state index in [0.717, 1.165) is 0 Å². The Kier molecular flexibility index (Phi) is 4.00. The molecule has 0 aliphatic carbocycles. The summed E-state index contributed by atoms with van der Waals surface area (Å²) in [6.45, 7) is 0. The number of benzene rings is 1. The maximum atomic E-state index is 11.9. The first-order valence-corrected chi connectivity index (χ1v) is 5.14. The smallest absolute Gasteiger partial charge is 0.471 e. The third-order valence-corrected chi connectivity index (χ3v) is 2.51. The Balaban J connectivity index is 2.84. The number of anilines is 1. The molecule has 0 fully saturated rings. The van der Waals surface area contributed by atoms with E-state index < -0.39 is 12.1 Å². The van der Waals surface area contributed by atoms with Gasteiger partial charge in [-0.1, -0.05) is 0 Å². The predicted molar refractivity (Wildman–Crippen MR) is 60.4 cm³/mol. The number of amides is 1. The minimum absolute atomic E-state index is 0.0764. The number of nitrogens with one attached hydrogen (secondary N) is 1. The van der Waals surface area contributed by atoms with Crippen LogP contribution in [0, 0.1) is 3.57 Å². The fraction of sp³-hybridized carbons (Fsp3) is 0.222. The molecule has 0 atom stereocenters. The Morgan fingerprint density at radius 2 is 2.06 bits per heavy atom. The Labute approximate surface area is 103 Å². The van der Waals surface area contributed by atoms with Crippen LogP contribution in [0.1, 0.15) is 0 Å². The molecule has 7 heteroatoms. The Hall–Kier alpha value is -0.990. The van der Waals surface area contributed by atoms with Crippen LogP contribution in [0.25, 0.3) is 0 Å². The molecule has 3 nitrogen and oxygen atoms in total. The maximum Gasteiger partial charge on any atom is 0.471 e. The van der Waals surface area contributed by atoms with Gasteiger partial charge in [0.1, 0.15) is 5.75 Å². The molecule has 0 aliphatic heterocycles. The lowest BCUT2D eigenvalue weighted by Gasteiger charge is -2.09. The summed E-state index contributed by atoms with van der Waals surface area (Å²) in [7, 11) is 1.45. The SMILES string of the molecule is COc1ccc(NC(=O)C(F)(F)F)cc1I. The quantitative estimate of drug-likeness (QED) is 0.838. The zero-order valence-electron chi connectivity index (χ0n) is 8.06. The van der Waals surface area contributed by atoms with Crippen molar-refractivity contribution in [2.45, 2.75) is 6.18 Å². The van der Waals surface area contributed by atoms with Crippen LogP contribution < -0.4 is 10.1 Å². The normalized spacial score (nSPS) is 11.1. The Bertz CT molecular complexity index is 406. The molecule has 0 unspecified atom stereocenters. The van der Waals surface area contributed by atoms with E-state index in [2.05, 4.69) is 0 Å². The van der Waals surface area contributed by atoms with E-state index in [1.165, 1.54) is 25.3 Å². The van der Waals surface area contributed by atoms with Gasteiger partial charge < -0.3 is 10.1 Å². The molecule has 0 heterocycles. The second-order valence-corrected chi connectivity index (χ2v) is 3.96. The van der Waals surface area contributed by atoms with Crippen LogP contribution in [0.2, 0.25) is 0 Å². The van der Waals surface area contributed by atoms with Gasteiger partial charge in [-0.2, -0.15) is 13.2 Å². The van der Waals surface area contributed by atoms with E-state index in [-0.39, 0.29) is 5.69 Å². The average molecular weight is 345 g/mol. The largest absolute Gasteiger partial charge is 0.496 e. The highest BCUT2D eigenvalue weighted by molar-refractivity contribution is 14.1. The Morgan fingerprint density at radius 3 is 2.50 bits per heavy atom. The fourth-order valence-electron chi connectivity index (χ4n) is 0.946. The highest BCUT2D eigenvalue weighted by atomic mass is 127. The number of hydrogen-bond donors (Lipinski definition) is 1. The molecule has 1 rings (SSSR count). The second kappa shape index (κ2) is 4.89. The van der Waals surface area contributed by atoms with Crippen molar-refractivity contribution in [1.82, 2.24) is 0 Å². The zero-order chi connectivity index (χ0) is 12.3. The highest BCUT2D eigenvalue weighted by Gasteiger charge is 2.38. The molecule has 0 bridgehead atoms. The number of alkyl halides is 3. The van der Waals surface area contributed by atoms with Gasteiger partial charge in [-0.25, -0.2) is 0 Å². The lowest BCUT2D eigenvalue weighted by molar-refractivity contribution is -0.167. The summed E-state index contributed by atoms with van der Waals surface area (Å²) in [5.41, 5.74) is 0.0764. The van der Waals surface area contributed by atoms with E-state index in [1.807, 2.05) is 22.6 Å². The first-order valence-electron chi connectivity index (χ1n) is 4.06. The number of carbonyl (C=O) groups is 1. The van der Waals surface area contributed by atoms with Crippen molar-refractivity contribution in [3.8, 4) is 5.75 Å². The lowest BCUT2D eigenvalue weighted by Crippen LogP contribution is -2.29. The van der Waals surface area contributed by atoms with Crippen molar-refractivity contribution in [2.24, 2.45) is 0 Å². The average Bonchev–Trinajstić information content (AvgIpc) is 2.16. The first-order chi connectivity index (χ1) is 7.34. The van der Waals surface area contributed by atoms with Gasteiger partial charge >= 0.3 is 12.1 Å². The topological polar surface area (TPSA) is 38.3 Å². The predicted octanol–water partition coefficient (Wildman–Crippen LogP) is 2.80. The van der Waals surface area contributed by atoms with Crippen molar-refractivity contribution in [3.63, 3.8) is 0 Å². The zero-order valence-corrected chi connectivity index (χ0v) is 10.2. The summed E-state index contributed by atoms with van der Waals surface area (Å²) in [6, 6.07) is 4.21. The summed E-state index contributed by atoms with van der Waals surface area (Å²) in [4.78, 5) is 10.6. The molecule has 88 valence electrons. The van der Waals surface area contributed by atoms with Gasteiger partial charge in [0.15, 0.2) is 0 Å². The van der Waals surface area contributed by atoms with Crippen LogP contribution >= 0.6 is 22.6 Å². The van der Waals surface area contributed by atoms with Crippen molar-refractivity contribution in [2.75, 3.05) is 12.4 Å². The van der Waals surface area contributed by atoms with Gasteiger partial charge in [0.2, 0.25) is 0 Å². The van der Waals surface area contributed by atoms with Crippen LogP contribution in [-0.4, -0.2) is 19.2 Å². The standard InChI is InChI=1S/C9H7F3INO2/c1-16-7-3-2-5(4-6(7)13)14-8(15)9(10,11)12/h2-4H,1H3,(H,14,15). The molecule has 1 aromatic rings. The van der Waals surface area contributed by atoms with Crippen molar-refractivity contribution < 1.29 is 22.7 Å². The molecule has 1 N–H and O–H groups in total. The molecular weight excluding hydrogens is 338 g/mol. The summed E-state index contributed by atoms with van der Waals surface area (Å²) in [5, 5.41) is 1.75. The van der Waals surface area contributed by atoms with Crippen molar-refractivity contribution >= 4 is 34.2 Å². The van der Waals surface area contributed by atoms with Gasteiger partial charge in [-0.3, -0.25) is 4.79 Å². The van der Waals surface area contributed by atoms with Gasteiger partial charge in [0.05, 0.1) is 10.7 Å². The molecule has 16 heavy (non-hydrogen) atoms. The third kappa shape index (κ3) is 3.26. The first kappa shape index (κ1) is 13.1.